The van der Waals surface area contributed by atoms with Crippen LogP contribution in [0.25, 0.3) is 16.5 Å². The van der Waals surface area contributed by atoms with Crippen LogP contribution in [0.2, 0.25) is 0 Å². The lowest BCUT2D eigenvalue weighted by atomic mass is 10.0. The molecule has 0 saturated heterocycles. The van der Waals surface area contributed by atoms with Gasteiger partial charge in [-0.25, -0.2) is 4.68 Å². The van der Waals surface area contributed by atoms with Crippen molar-refractivity contribution in [3.05, 3.63) is 146 Å². The molecule has 0 unspecified atom stereocenters. The number of carbonyl (C=O) groups is 2. The van der Waals surface area contributed by atoms with Crippen molar-refractivity contribution in [2.45, 2.75) is 46.2 Å². The van der Waals surface area contributed by atoms with Crippen molar-refractivity contribution in [1.82, 2.24) is 24.9 Å². The first-order chi connectivity index (χ1) is 24.1. The predicted octanol–water partition coefficient (Wildman–Crippen LogP) is 6.24. The van der Waals surface area contributed by atoms with E-state index < -0.39 is 11.9 Å². The van der Waals surface area contributed by atoms with Gasteiger partial charge in [0.05, 0.1) is 37.2 Å². The number of nitrogens with one attached hydrogen (secondary N) is 2. The van der Waals surface area contributed by atoms with Gasteiger partial charge in [-0.2, -0.15) is 0 Å². The molecule has 254 valence electrons. The van der Waals surface area contributed by atoms with Crippen LogP contribution in [-0.4, -0.2) is 44.5 Å². The molecule has 0 aliphatic rings. The molecular formula is C39H37BrN6O4. The zero-order valence-electron chi connectivity index (χ0n) is 28.2. The van der Waals surface area contributed by atoms with Crippen molar-refractivity contribution >= 4 is 44.2 Å². The quantitative estimate of drug-likeness (QED) is 0.163. The van der Waals surface area contributed by atoms with Gasteiger partial charge in [0, 0.05) is 17.1 Å². The van der Waals surface area contributed by atoms with E-state index in [0.29, 0.717) is 15.8 Å². The van der Waals surface area contributed by atoms with E-state index >= 15 is 0 Å². The highest BCUT2D eigenvalue weighted by Gasteiger charge is 2.24. The Kier molecular flexibility index (Phi) is 10.2. The molecule has 1 atom stereocenters. The van der Waals surface area contributed by atoms with Crippen molar-refractivity contribution in [1.29, 1.82) is 0 Å². The Labute approximate surface area is 298 Å². The van der Waals surface area contributed by atoms with Gasteiger partial charge in [-0.1, -0.05) is 71.9 Å². The van der Waals surface area contributed by atoms with E-state index in [9.17, 15) is 14.4 Å². The number of aromatic nitrogens is 4. The zero-order valence-corrected chi connectivity index (χ0v) is 29.8. The third kappa shape index (κ3) is 7.68. The Bertz CT molecular complexity index is 2240. The molecule has 10 nitrogen and oxygen atoms in total. The Morgan fingerprint density at radius 3 is 2.24 bits per heavy atom. The van der Waals surface area contributed by atoms with Crippen LogP contribution < -0.4 is 20.9 Å². The lowest BCUT2D eigenvalue weighted by molar-refractivity contribution is -0.126. The van der Waals surface area contributed by atoms with E-state index in [1.165, 1.54) is 4.57 Å². The predicted molar refractivity (Wildman–Crippen MR) is 198 cm³/mol. The van der Waals surface area contributed by atoms with Crippen LogP contribution >= 0.6 is 15.9 Å². The minimum absolute atomic E-state index is 0.0864. The Morgan fingerprint density at radius 2 is 1.56 bits per heavy atom. The average Bonchev–Trinajstić information content (AvgIpc) is 3.46. The molecule has 0 bridgehead atoms. The highest BCUT2D eigenvalue weighted by molar-refractivity contribution is 9.10. The summed E-state index contributed by atoms with van der Waals surface area (Å²) in [6.45, 7) is 5.90. The van der Waals surface area contributed by atoms with Gasteiger partial charge in [-0.3, -0.25) is 14.4 Å². The van der Waals surface area contributed by atoms with Gasteiger partial charge in [-0.05, 0) is 94.0 Å². The van der Waals surface area contributed by atoms with Crippen LogP contribution in [0.5, 0.6) is 5.75 Å². The SMILES string of the molecule is COc1ccc(Cn2cc(Br)c(C)c(NC(=O)[C@H](Cc3ccc(-n4nnc(C)c4C)cc3)NC(=O)Cc3ccc4ccccc4c3)c2=O)cc1. The summed E-state index contributed by atoms with van der Waals surface area (Å²) in [5, 5.41) is 16.3. The third-order valence-corrected chi connectivity index (χ3v) is 9.61. The molecule has 0 saturated carbocycles. The standard InChI is InChI=1S/C39H37BrN6O4/c1-24-34(40)23-45(22-28-12-17-33(50-4)18-13-28)39(49)37(24)42-38(48)35(20-27-10-15-32(16-11-27)46-26(3)25(2)43-44-46)41-36(47)21-29-9-14-30-7-5-6-8-31(30)19-29/h5-19,23,35H,20-22H2,1-4H3,(H,41,47)(H,42,48)/t35-/m0/s1. The summed E-state index contributed by atoms with van der Waals surface area (Å²) < 4.78 is 9.20. The fourth-order valence-corrected chi connectivity index (χ4v) is 6.21. The maximum atomic E-state index is 14.0. The molecule has 0 fully saturated rings. The van der Waals surface area contributed by atoms with Crippen molar-refractivity contribution in [2.24, 2.45) is 0 Å². The Morgan fingerprint density at radius 1 is 0.880 bits per heavy atom. The number of benzene rings is 4. The minimum atomic E-state index is -0.975. The van der Waals surface area contributed by atoms with Crippen LogP contribution in [0.15, 0.2) is 106 Å². The van der Waals surface area contributed by atoms with E-state index in [1.807, 2.05) is 105 Å². The molecular weight excluding hydrogens is 696 g/mol. The minimum Gasteiger partial charge on any atom is -0.497 e. The average molecular weight is 734 g/mol. The fraction of sp³-hybridized carbons (Fsp3) is 0.205. The lowest BCUT2D eigenvalue weighted by Crippen LogP contribution is -2.46. The molecule has 2 heterocycles. The molecule has 2 N–H and O–H groups in total. The first-order valence-electron chi connectivity index (χ1n) is 16.2. The second kappa shape index (κ2) is 14.9. The lowest BCUT2D eigenvalue weighted by Gasteiger charge is -2.20. The molecule has 2 amide bonds. The normalized spacial score (nSPS) is 11.7. The van der Waals surface area contributed by atoms with Gasteiger partial charge in [-0.15, -0.1) is 5.10 Å². The number of carbonyl (C=O) groups excluding carboxylic acids is 2. The molecule has 2 aromatic heterocycles. The van der Waals surface area contributed by atoms with E-state index in [-0.39, 0.29) is 36.5 Å². The summed E-state index contributed by atoms with van der Waals surface area (Å²) in [6, 6.07) is 27.9. The van der Waals surface area contributed by atoms with E-state index in [4.69, 9.17) is 4.74 Å². The Hall–Kier alpha value is -5.55. The number of amides is 2. The molecule has 0 aliphatic carbocycles. The highest BCUT2D eigenvalue weighted by Crippen LogP contribution is 2.23. The monoisotopic (exact) mass is 732 g/mol. The van der Waals surface area contributed by atoms with Gasteiger partial charge in [0.1, 0.15) is 17.5 Å². The summed E-state index contributed by atoms with van der Waals surface area (Å²) in [4.78, 5) is 41.3. The number of nitrogens with zero attached hydrogens (tertiary/aromatic N) is 4. The second-order valence-corrected chi connectivity index (χ2v) is 13.1. The highest BCUT2D eigenvalue weighted by atomic mass is 79.9. The van der Waals surface area contributed by atoms with Crippen molar-refractivity contribution in [3.63, 3.8) is 0 Å². The zero-order chi connectivity index (χ0) is 35.4. The van der Waals surface area contributed by atoms with Gasteiger partial charge in [0.2, 0.25) is 11.8 Å². The number of pyridine rings is 1. The number of fused-ring (bicyclic) bond motifs is 1. The number of anilines is 1. The molecule has 4 aromatic carbocycles. The summed E-state index contributed by atoms with van der Waals surface area (Å²) in [7, 11) is 1.60. The fourth-order valence-electron chi connectivity index (χ4n) is 5.77. The maximum absolute atomic E-state index is 14.0. The van der Waals surface area contributed by atoms with Crippen LogP contribution in [-0.2, 0) is 29.0 Å². The molecule has 0 spiro atoms. The van der Waals surface area contributed by atoms with Gasteiger partial charge in [0.25, 0.3) is 5.56 Å². The van der Waals surface area contributed by atoms with Crippen LogP contribution in [0.1, 0.15) is 33.6 Å². The number of methoxy groups -OCH3 is 1. The molecule has 0 aliphatic heterocycles. The molecule has 6 rings (SSSR count). The maximum Gasteiger partial charge on any atom is 0.274 e. The summed E-state index contributed by atoms with van der Waals surface area (Å²) in [5.74, 6) is -0.0993. The molecule has 6 aromatic rings. The van der Waals surface area contributed by atoms with E-state index in [0.717, 1.165) is 44.5 Å². The molecule has 0 radical (unpaired) electrons. The molecule has 50 heavy (non-hydrogen) atoms. The number of aryl methyl sites for hydroxylation is 1. The van der Waals surface area contributed by atoms with Crippen LogP contribution in [0.3, 0.4) is 0 Å². The van der Waals surface area contributed by atoms with Gasteiger partial charge in [0.15, 0.2) is 0 Å². The number of ether oxygens (including phenoxy) is 1. The molecule has 11 heteroatoms. The van der Waals surface area contributed by atoms with Gasteiger partial charge >= 0.3 is 0 Å². The largest absolute Gasteiger partial charge is 0.497 e. The number of hydrogen-bond donors (Lipinski definition) is 2. The third-order valence-electron chi connectivity index (χ3n) is 8.81. The topological polar surface area (TPSA) is 120 Å². The van der Waals surface area contributed by atoms with E-state index in [1.54, 1.807) is 24.9 Å². The first kappa shape index (κ1) is 34.3. The smallest absolute Gasteiger partial charge is 0.274 e. The summed E-state index contributed by atoms with van der Waals surface area (Å²) in [6.07, 6.45) is 1.99. The summed E-state index contributed by atoms with van der Waals surface area (Å²) in [5.41, 5.74) is 5.49. The van der Waals surface area contributed by atoms with Crippen molar-refractivity contribution in [3.8, 4) is 11.4 Å². The van der Waals surface area contributed by atoms with Crippen LogP contribution in [0, 0.1) is 20.8 Å². The van der Waals surface area contributed by atoms with Crippen molar-refractivity contribution < 1.29 is 14.3 Å². The first-order valence-corrected chi connectivity index (χ1v) is 17.0. The van der Waals surface area contributed by atoms with Crippen molar-refractivity contribution in [2.75, 3.05) is 12.4 Å². The second-order valence-electron chi connectivity index (χ2n) is 12.3. The van der Waals surface area contributed by atoms with E-state index in [2.05, 4.69) is 36.9 Å². The van der Waals surface area contributed by atoms with Crippen LogP contribution in [0.4, 0.5) is 5.69 Å². The Balaban J connectivity index is 1.26. The number of halogens is 1. The van der Waals surface area contributed by atoms with Gasteiger partial charge < -0.3 is 19.9 Å². The number of hydrogen-bond acceptors (Lipinski definition) is 6. The number of rotatable bonds is 11. The summed E-state index contributed by atoms with van der Waals surface area (Å²) >= 11 is 3.56.